The van der Waals surface area contributed by atoms with E-state index in [0.29, 0.717) is 18.7 Å². The van der Waals surface area contributed by atoms with Crippen molar-refractivity contribution >= 4 is 35.2 Å². The van der Waals surface area contributed by atoms with E-state index in [1.54, 1.807) is 23.1 Å². The summed E-state index contributed by atoms with van der Waals surface area (Å²) >= 11 is 0. The van der Waals surface area contributed by atoms with Crippen LogP contribution in [0.5, 0.6) is 0 Å². The van der Waals surface area contributed by atoms with E-state index < -0.39 is 35.3 Å². The van der Waals surface area contributed by atoms with Gasteiger partial charge in [0.1, 0.15) is 11.7 Å². The highest BCUT2D eigenvalue weighted by Crippen LogP contribution is 2.32. The van der Waals surface area contributed by atoms with Crippen molar-refractivity contribution in [3.8, 4) is 0 Å². The molecule has 9 nitrogen and oxygen atoms in total. The van der Waals surface area contributed by atoms with Gasteiger partial charge in [0.25, 0.3) is 11.8 Å². The van der Waals surface area contributed by atoms with Gasteiger partial charge in [-0.05, 0) is 38.3 Å². The molecular weight excluding hydrogens is 455 g/mol. The lowest BCUT2D eigenvalue weighted by Crippen LogP contribution is -2.59. The highest BCUT2D eigenvalue weighted by Gasteiger charge is 2.45. The monoisotopic (exact) mass is 486 g/mol. The number of imide groups is 2. The number of rotatable bonds is 10. The number of carbonyl (C=O) groups is 5. The van der Waals surface area contributed by atoms with Crippen LogP contribution in [0.2, 0.25) is 0 Å². The zero-order chi connectivity index (χ0) is 25.2. The van der Waals surface area contributed by atoms with Crippen LogP contribution in [-0.4, -0.2) is 70.7 Å². The Labute approximate surface area is 203 Å². The number of likely N-dealkylation sites (tertiary alicyclic amines) is 1. The minimum Gasteiger partial charge on any atom is -0.384 e. The second-order valence-corrected chi connectivity index (χ2v) is 9.78. The van der Waals surface area contributed by atoms with Crippen LogP contribution >= 0.6 is 0 Å². The second kappa shape index (κ2) is 10.1. The first kappa shape index (κ1) is 24.8. The van der Waals surface area contributed by atoms with Crippen molar-refractivity contribution in [2.75, 3.05) is 25.0 Å². The third kappa shape index (κ3) is 5.36. The van der Waals surface area contributed by atoms with Gasteiger partial charge in [0.05, 0.1) is 24.2 Å². The molecule has 0 aliphatic carbocycles. The van der Waals surface area contributed by atoms with Gasteiger partial charge in [-0.15, -0.1) is 0 Å². The van der Waals surface area contributed by atoms with Gasteiger partial charge in [0.15, 0.2) is 0 Å². The Morgan fingerprint density at radius 1 is 1.09 bits per heavy atom. The van der Waals surface area contributed by atoms with Gasteiger partial charge in [-0.1, -0.05) is 25.3 Å². The SMILES string of the molecule is CC1(F)CN(C(=O)CCCCCCCNc2cccc3c2C(=O)N(C2CCC(=O)NC2=O)C3=O)C1. The quantitative estimate of drug-likeness (QED) is 0.388. The molecule has 2 N–H and O–H groups in total. The smallest absolute Gasteiger partial charge is 0.264 e. The van der Waals surface area contributed by atoms with Gasteiger partial charge < -0.3 is 10.2 Å². The van der Waals surface area contributed by atoms with Crippen molar-refractivity contribution in [1.82, 2.24) is 15.1 Å². The van der Waals surface area contributed by atoms with Gasteiger partial charge in [0, 0.05) is 25.1 Å². The molecule has 0 bridgehead atoms. The van der Waals surface area contributed by atoms with Crippen molar-refractivity contribution in [3.05, 3.63) is 29.3 Å². The van der Waals surface area contributed by atoms with E-state index in [4.69, 9.17) is 0 Å². The lowest BCUT2D eigenvalue weighted by atomic mass is 9.98. The van der Waals surface area contributed by atoms with Crippen molar-refractivity contribution < 1.29 is 28.4 Å². The maximum absolute atomic E-state index is 13.5. The van der Waals surface area contributed by atoms with Crippen molar-refractivity contribution in [1.29, 1.82) is 0 Å². The van der Waals surface area contributed by atoms with Crippen LogP contribution in [-0.2, 0) is 14.4 Å². The zero-order valence-electron chi connectivity index (χ0n) is 19.9. The number of carbonyl (C=O) groups excluding carboxylic acids is 5. The number of unbranched alkanes of at least 4 members (excludes halogenated alkanes) is 4. The molecule has 5 amide bonds. The van der Waals surface area contributed by atoms with Crippen molar-refractivity contribution in [2.45, 2.75) is 70.0 Å². The summed E-state index contributed by atoms with van der Waals surface area (Å²) in [5.41, 5.74) is -0.167. The summed E-state index contributed by atoms with van der Waals surface area (Å²) in [6.45, 7) is 2.51. The van der Waals surface area contributed by atoms with E-state index in [9.17, 15) is 28.4 Å². The molecule has 10 heteroatoms. The number of piperidine rings is 1. The molecule has 0 radical (unpaired) electrons. The third-order valence-electron chi connectivity index (χ3n) is 6.74. The molecule has 188 valence electrons. The Morgan fingerprint density at radius 2 is 1.80 bits per heavy atom. The number of nitrogens with zero attached hydrogens (tertiary/aromatic N) is 2. The zero-order valence-corrected chi connectivity index (χ0v) is 19.9. The van der Waals surface area contributed by atoms with Gasteiger partial charge in [-0.3, -0.25) is 34.2 Å². The summed E-state index contributed by atoms with van der Waals surface area (Å²) in [6, 6.07) is 4.02. The summed E-state index contributed by atoms with van der Waals surface area (Å²) in [6.07, 6.45) is 5.11. The second-order valence-electron chi connectivity index (χ2n) is 9.78. The van der Waals surface area contributed by atoms with Crippen LogP contribution in [0.25, 0.3) is 0 Å². The molecule has 1 atom stereocenters. The Bertz CT molecular complexity index is 1050. The average Bonchev–Trinajstić information content (AvgIpc) is 3.04. The number of fused-ring (bicyclic) bond motifs is 1. The fourth-order valence-electron chi connectivity index (χ4n) is 4.90. The molecule has 0 saturated carbocycles. The molecule has 2 fully saturated rings. The summed E-state index contributed by atoms with van der Waals surface area (Å²) in [4.78, 5) is 64.1. The number of hydrogen-bond donors (Lipinski definition) is 2. The van der Waals surface area contributed by atoms with Crippen LogP contribution in [0.3, 0.4) is 0 Å². The molecule has 1 aromatic rings. The maximum atomic E-state index is 13.5. The van der Waals surface area contributed by atoms with Crippen LogP contribution in [0, 0.1) is 0 Å². The number of halogens is 1. The van der Waals surface area contributed by atoms with Gasteiger partial charge >= 0.3 is 0 Å². The molecule has 3 aliphatic rings. The van der Waals surface area contributed by atoms with Gasteiger partial charge in [-0.25, -0.2) is 4.39 Å². The first-order chi connectivity index (χ1) is 16.7. The number of alkyl halides is 1. The number of benzene rings is 1. The number of amides is 5. The molecule has 1 unspecified atom stereocenters. The van der Waals surface area contributed by atoms with Crippen LogP contribution in [0.1, 0.15) is 79.0 Å². The van der Waals surface area contributed by atoms with Gasteiger partial charge in [-0.2, -0.15) is 0 Å². The average molecular weight is 487 g/mol. The predicted molar refractivity (Wildman–Crippen MR) is 125 cm³/mol. The summed E-state index contributed by atoms with van der Waals surface area (Å²) in [7, 11) is 0. The predicted octanol–water partition coefficient (Wildman–Crippen LogP) is 2.41. The van der Waals surface area contributed by atoms with E-state index in [1.807, 2.05) is 0 Å². The Balaban J connectivity index is 1.20. The van der Waals surface area contributed by atoms with Gasteiger partial charge in [0.2, 0.25) is 17.7 Å². The van der Waals surface area contributed by atoms with E-state index >= 15 is 0 Å². The highest BCUT2D eigenvalue weighted by molar-refractivity contribution is 6.25. The molecule has 3 heterocycles. The minimum atomic E-state index is -1.23. The molecule has 0 aromatic heterocycles. The topological polar surface area (TPSA) is 116 Å². The molecule has 35 heavy (non-hydrogen) atoms. The van der Waals surface area contributed by atoms with E-state index in [1.165, 1.54) is 6.92 Å². The summed E-state index contributed by atoms with van der Waals surface area (Å²) in [5, 5.41) is 5.43. The number of nitrogens with one attached hydrogen (secondary N) is 2. The van der Waals surface area contributed by atoms with E-state index in [-0.39, 0.29) is 43.0 Å². The minimum absolute atomic E-state index is 0.0188. The molecule has 4 rings (SSSR count). The first-order valence-electron chi connectivity index (χ1n) is 12.2. The third-order valence-corrected chi connectivity index (χ3v) is 6.74. The molecule has 0 spiro atoms. The molecule has 3 aliphatic heterocycles. The van der Waals surface area contributed by atoms with E-state index in [2.05, 4.69) is 10.6 Å². The Kier molecular flexibility index (Phi) is 7.18. The fourth-order valence-corrected chi connectivity index (χ4v) is 4.90. The highest BCUT2D eigenvalue weighted by atomic mass is 19.1. The fraction of sp³-hybridized carbons (Fsp3) is 0.560. The largest absolute Gasteiger partial charge is 0.384 e. The van der Waals surface area contributed by atoms with Crippen LogP contribution < -0.4 is 10.6 Å². The Hall–Kier alpha value is -3.30. The lowest BCUT2D eigenvalue weighted by Gasteiger charge is -2.42. The summed E-state index contributed by atoms with van der Waals surface area (Å²) < 4.78 is 13.5. The number of anilines is 1. The molecule has 2 saturated heterocycles. The van der Waals surface area contributed by atoms with Crippen LogP contribution in [0.15, 0.2) is 18.2 Å². The van der Waals surface area contributed by atoms with Crippen molar-refractivity contribution in [2.24, 2.45) is 0 Å². The van der Waals surface area contributed by atoms with Crippen molar-refractivity contribution in [3.63, 3.8) is 0 Å². The standard InChI is InChI=1S/C25H31FN4O5/c1-25(26)14-29(15-25)20(32)10-5-3-2-4-6-13-27-17-9-7-8-16-21(17)24(35)30(23(16)34)18-11-12-19(31)28-22(18)33/h7-9,18,27H,2-6,10-15H2,1H3,(H,28,31,33). The molecular formula is C25H31FN4O5. The normalized spacial score (nSPS) is 21.0. The van der Waals surface area contributed by atoms with E-state index in [0.717, 1.165) is 37.0 Å². The lowest BCUT2D eigenvalue weighted by molar-refractivity contribution is -0.144. The summed E-state index contributed by atoms with van der Waals surface area (Å²) in [5.74, 6) is -2.06. The number of hydrogen-bond acceptors (Lipinski definition) is 6. The molecule has 1 aromatic carbocycles. The first-order valence-corrected chi connectivity index (χ1v) is 12.2. The van der Waals surface area contributed by atoms with Crippen LogP contribution in [0.4, 0.5) is 10.1 Å². The Morgan fingerprint density at radius 3 is 2.51 bits per heavy atom. The maximum Gasteiger partial charge on any atom is 0.264 e.